The number of nitrogens with one attached hydrogen (secondary N) is 1. The second-order valence-electron chi connectivity index (χ2n) is 14.8. The first-order valence-corrected chi connectivity index (χ1v) is 20.3. The van der Waals surface area contributed by atoms with Crippen LogP contribution in [0.4, 0.5) is 22.7 Å². The lowest BCUT2D eigenvalue weighted by molar-refractivity contribution is 1.04. The number of anilines is 4. The standard InChI is InChI=1S/C56H46N2/c1-3-5-7-20-47(4-2)58(48-34-27-42(28-35-48)40-16-8-6-9-17-40)49-36-29-43(30-37-49)41-25-32-46(33-26-41)57-55-24-15-14-23-52(55)54-39-45-19-11-12-21-50(45)53-38-31-44-18-10-13-22-51(44)56(53)54/h3-4,7-8,10-39,57H,1,5-6,9H2,2H3/b20-7-,47-4+. The van der Waals surface area contributed by atoms with Gasteiger partial charge >= 0.3 is 0 Å². The Morgan fingerprint density at radius 2 is 1.28 bits per heavy atom. The molecule has 0 heterocycles. The number of hydrogen-bond donors (Lipinski definition) is 1. The normalized spacial score (nSPS) is 13.0. The SMILES string of the molecule is C=CC/C=C\C(=C/C)N(c1ccc(C2=CCCC=C2)cc1)c1ccc(-c2ccc(Nc3ccccc3-c3cc4ccccc4c4ccc5ccccc5c34)cc2)cc1. The van der Waals surface area contributed by atoms with Crippen LogP contribution >= 0.6 is 0 Å². The van der Waals surface area contributed by atoms with E-state index >= 15 is 0 Å². The van der Waals surface area contributed by atoms with Gasteiger partial charge in [-0.25, -0.2) is 0 Å². The summed E-state index contributed by atoms with van der Waals surface area (Å²) in [4.78, 5) is 2.32. The third-order valence-corrected chi connectivity index (χ3v) is 11.2. The van der Waals surface area contributed by atoms with E-state index in [1.165, 1.54) is 65.7 Å². The number of rotatable bonds is 11. The van der Waals surface area contributed by atoms with E-state index in [-0.39, 0.29) is 0 Å². The maximum atomic E-state index is 3.91. The quantitative estimate of drug-likeness (QED) is 0.0805. The van der Waals surface area contributed by atoms with Crippen LogP contribution in [-0.2, 0) is 0 Å². The zero-order chi connectivity index (χ0) is 39.3. The molecular formula is C56H46N2. The summed E-state index contributed by atoms with van der Waals surface area (Å²) in [6.45, 7) is 6.01. The Bertz CT molecular complexity index is 2890. The van der Waals surface area contributed by atoms with Crippen molar-refractivity contribution in [3.05, 3.63) is 224 Å². The Kier molecular flexibility index (Phi) is 10.4. The minimum atomic E-state index is 0.817. The molecule has 0 spiro atoms. The highest BCUT2D eigenvalue weighted by Crippen LogP contribution is 2.42. The number of benzene rings is 8. The van der Waals surface area contributed by atoms with Gasteiger partial charge in [0.1, 0.15) is 0 Å². The first-order chi connectivity index (χ1) is 28.7. The highest BCUT2D eigenvalue weighted by Gasteiger charge is 2.16. The molecule has 1 aliphatic rings. The molecule has 9 rings (SSSR count). The lowest BCUT2D eigenvalue weighted by Crippen LogP contribution is -2.15. The number of para-hydroxylation sites is 1. The summed E-state index contributed by atoms with van der Waals surface area (Å²) in [5.74, 6) is 0. The van der Waals surface area contributed by atoms with E-state index in [4.69, 9.17) is 0 Å². The second-order valence-corrected chi connectivity index (χ2v) is 14.8. The third kappa shape index (κ3) is 7.29. The number of allylic oxidation sites excluding steroid dienone is 8. The van der Waals surface area contributed by atoms with Crippen LogP contribution in [0.1, 0.15) is 31.7 Å². The van der Waals surface area contributed by atoms with Crippen molar-refractivity contribution in [3.8, 4) is 22.3 Å². The van der Waals surface area contributed by atoms with Crippen LogP contribution in [0.15, 0.2) is 219 Å². The Hall–Kier alpha value is -7.16. The van der Waals surface area contributed by atoms with Crippen molar-refractivity contribution in [1.82, 2.24) is 0 Å². The van der Waals surface area contributed by atoms with Gasteiger partial charge in [0.05, 0.1) is 0 Å². The smallest absolute Gasteiger partial charge is 0.0464 e. The fourth-order valence-electron chi connectivity index (χ4n) is 8.29. The zero-order valence-electron chi connectivity index (χ0n) is 32.9. The molecule has 0 saturated carbocycles. The first kappa shape index (κ1) is 36.5. The van der Waals surface area contributed by atoms with Gasteiger partial charge in [0, 0.05) is 34.0 Å². The van der Waals surface area contributed by atoms with E-state index in [0.29, 0.717) is 0 Å². The monoisotopic (exact) mass is 746 g/mol. The van der Waals surface area contributed by atoms with Gasteiger partial charge < -0.3 is 10.2 Å². The van der Waals surface area contributed by atoms with Crippen molar-refractivity contribution in [2.45, 2.75) is 26.2 Å². The fraction of sp³-hybridized carbons (Fsp3) is 0.0714. The second kappa shape index (κ2) is 16.5. The maximum Gasteiger partial charge on any atom is 0.0464 e. The van der Waals surface area contributed by atoms with Crippen molar-refractivity contribution >= 4 is 60.6 Å². The Balaban J connectivity index is 1.01. The van der Waals surface area contributed by atoms with E-state index in [1.54, 1.807) is 0 Å². The van der Waals surface area contributed by atoms with Crippen LogP contribution in [0.2, 0.25) is 0 Å². The molecule has 0 aromatic heterocycles. The highest BCUT2D eigenvalue weighted by molar-refractivity contribution is 6.23. The Labute approximate surface area is 342 Å². The number of fused-ring (bicyclic) bond motifs is 5. The van der Waals surface area contributed by atoms with Gasteiger partial charge in [-0.3, -0.25) is 0 Å². The van der Waals surface area contributed by atoms with E-state index < -0.39 is 0 Å². The van der Waals surface area contributed by atoms with Crippen molar-refractivity contribution in [1.29, 1.82) is 0 Å². The molecule has 0 aliphatic heterocycles. The molecule has 0 fully saturated rings. The molecule has 0 saturated heterocycles. The number of nitrogens with zero attached hydrogens (tertiary/aromatic N) is 1. The molecule has 0 atom stereocenters. The maximum absolute atomic E-state index is 3.91. The van der Waals surface area contributed by atoms with Gasteiger partial charge in [0.2, 0.25) is 0 Å². The van der Waals surface area contributed by atoms with E-state index in [9.17, 15) is 0 Å². The van der Waals surface area contributed by atoms with Crippen molar-refractivity contribution < 1.29 is 0 Å². The molecule has 0 amide bonds. The zero-order valence-corrected chi connectivity index (χ0v) is 32.9. The van der Waals surface area contributed by atoms with E-state index in [1.807, 2.05) is 6.08 Å². The van der Waals surface area contributed by atoms with Crippen LogP contribution < -0.4 is 10.2 Å². The fourth-order valence-corrected chi connectivity index (χ4v) is 8.29. The molecule has 1 aliphatic carbocycles. The van der Waals surface area contributed by atoms with Crippen molar-refractivity contribution in [3.63, 3.8) is 0 Å². The van der Waals surface area contributed by atoms with Gasteiger partial charge in [-0.2, -0.15) is 0 Å². The van der Waals surface area contributed by atoms with Crippen molar-refractivity contribution in [2.75, 3.05) is 10.2 Å². The summed E-state index contributed by atoms with van der Waals surface area (Å²) in [7, 11) is 0. The largest absolute Gasteiger partial charge is 0.355 e. The molecule has 58 heavy (non-hydrogen) atoms. The van der Waals surface area contributed by atoms with Crippen LogP contribution in [-0.4, -0.2) is 0 Å². The van der Waals surface area contributed by atoms with Crippen molar-refractivity contribution in [2.24, 2.45) is 0 Å². The van der Waals surface area contributed by atoms with Crippen LogP contribution in [0.3, 0.4) is 0 Å². The molecule has 8 aromatic rings. The molecule has 0 bridgehead atoms. The van der Waals surface area contributed by atoms with Crippen LogP contribution in [0, 0.1) is 0 Å². The molecule has 8 aromatic carbocycles. The summed E-state index contributed by atoms with van der Waals surface area (Å²) in [5, 5.41) is 11.4. The molecule has 280 valence electrons. The summed E-state index contributed by atoms with van der Waals surface area (Å²) < 4.78 is 0. The van der Waals surface area contributed by atoms with E-state index in [0.717, 1.165) is 47.7 Å². The molecular weight excluding hydrogens is 701 g/mol. The van der Waals surface area contributed by atoms with Crippen LogP contribution in [0.5, 0.6) is 0 Å². The molecule has 2 nitrogen and oxygen atoms in total. The summed E-state index contributed by atoms with van der Waals surface area (Å²) >= 11 is 0. The average Bonchev–Trinajstić information content (AvgIpc) is 3.29. The predicted octanol–water partition coefficient (Wildman–Crippen LogP) is 16.1. The number of hydrogen-bond acceptors (Lipinski definition) is 2. The Morgan fingerprint density at radius 3 is 1.98 bits per heavy atom. The van der Waals surface area contributed by atoms with E-state index in [2.05, 4.69) is 224 Å². The van der Waals surface area contributed by atoms with Gasteiger partial charge in [0.15, 0.2) is 0 Å². The molecule has 0 unspecified atom stereocenters. The Morgan fingerprint density at radius 1 is 0.621 bits per heavy atom. The van der Waals surface area contributed by atoms with Gasteiger partial charge in [-0.15, -0.1) is 6.58 Å². The minimum absolute atomic E-state index is 0.817. The highest BCUT2D eigenvalue weighted by atomic mass is 15.1. The lowest BCUT2D eigenvalue weighted by Gasteiger charge is -2.27. The summed E-state index contributed by atoms with van der Waals surface area (Å²) in [6, 6.07) is 59.6. The summed E-state index contributed by atoms with van der Waals surface area (Å²) in [6.07, 6.45) is 18.3. The summed E-state index contributed by atoms with van der Waals surface area (Å²) in [5.41, 5.74) is 12.7. The van der Waals surface area contributed by atoms with Gasteiger partial charge in [-0.05, 0) is 141 Å². The molecule has 1 N–H and O–H groups in total. The topological polar surface area (TPSA) is 15.3 Å². The molecule has 0 radical (unpaired) electrons. The van der Waals surface area contributed by atoms with Gasteiger partial charge in [0.25, 0.3) is 0 Å². The van der Waals surface area contributed by atoms with Gasteiger partial charge in [-0.1, -0.05) is 152 Å². The van der Waals surface area contributed by atoms with Crippen LogP contribution in [0.25, 0.3) is 60.1 Å². The lowest BCUT2D eigenvalue weighted by atomic mass is 9.89. The average molecular weight is 747 g/mol. The first-order valence-electron chi connectivity index (χ1n) is 20.3. The minimum Gasteiger partial charge on any atom is -0.355 e. The molecule has 2 heteroatoms. The predicted molar refractivity (Wildman–Crippen MR) is 252 cm³/mol. The third-order valence-electron chi connectivity index (χ3n) is 11.2.